The normalized spacial score (nSPS) is 12.2. The molecular weight excluding hydrogens is 246 g/mol. The first kappa shape index (κ1) is 13.1. The predicted molar refractivity (Wildman–Crippen MR) is 68.1 cm³/mol. The Balaban J connectivity index is 1.92. The fourth-order valence-corrected chi connectivity index (χ4v) is 1.75. The maximum atomic E-state index is 12.0. The summed E-state index contributed by atoms with van der Waals surface area (Å²) in [6, 6.07) is 3.23. The molecule has 2 aromatic rings. The summed E-state index contributed by atoms with van der Waals surface area (Å²) < 4.78 is 6.98. The molecular formula is C12H17N5O2. The number of furan rings is 1. The van der Waals surface area contributed by atoms with Crippen molar-refractivity contribution in [1.29, 1.82) is 0 Å². The largest absolute Gasteiger partial charge is 0.467 e. The van der Waals surface area contributed by atoms with Crippen LogP contribution in [0.1, 0.15) is 24.6 Å². The Morgan fingerprint density at radius 1 is 1.63 bits per heavy atom. The third kappa shape index (κ3) is 3.12. The van der Waals surface area contributed by atoms with Crippen molar-refractivity contribution in [2.24, 2.45) is 7.05 Å². The summed E-state index contributed by atoms with van der Waals surface area (Å²) in [5, 5.41) is 10.6. The third-order valence-corrected chi connectivity index (χ3v) is 2.79. The first-order valence-corrected chi connectivity index (χ1v) is 5.96. The molecule has 0 bridgehead atoms. The van der Waals surface area contributed by atoms with Gasteiger partial charge in [-0.2, -0.15) is 0 Å². The molecule has 2 aromatic heterocycles. The molecule has 7 heteroatoms. The number of hydrogen-bond acceptors (Lipinski definition) is 4. The van der Waals surface area contributed by atoms with E-state index in [0.29, 0.717) is 12.4 Å². The van der Waals surface area contributed by atoms with Crippen LogP contribution in [0.3, 0.4) is 0 Å². The molecule has 102 valence electrons. The van der Waals surface area contributed by atoms with E-state index in [1.165, 1.54) is 0 Å². The van der Waals surface area contributed by atoms with Gasteiger partial charge in [-0.3, -0.25) is 0 Å². The lowest BCUT2D eigenvalue weighted by Crippen LogP contribution is -2.38. The second-order valence-electron chi connectivity index (χ2n) is 4.41. The number of carbonyl (C=O) groups is 1. The lowest BCUT2D eigenvalue weighted by molar-refractivity contribution is 0.199. The highest BCUT2D eigenvalue weighted by Crippen LogP contribution is 2.09. The average Bonchev–Trinajstić information content (AvgIpc) is 3.00. The van der Waals surface area contributed by atoms with Crippen molar-refractivity contribution in [2.45, 2.75) is 19.5 Å². The molecule has 19 heavy (non-hydrogen) atoms. The minimum atomic E-state index is -0.209. The van der Waals surface area contributed by atoms with Crippen LogP contribution in [-0.4, -0.2) is 32.7 Å². The van der Waals surface area contributed by atoms with Crippen molar-refractivity contribution in [1.82, 2.24) is 25.0 Å². The van der Waals surface area contributed by atoms with E-state index >= 15 is 0 Å². The molecule has 2 heterocycles. The van der Waals surface area contributed by atoms with E-state index in [0.717, 1.165) is 5.76 Å². The topological polar surface area (TPSA) is 76.2 Å². The summed E-state index contributed by atoms with van der Waals surface area (Å²) in [5.41, 5.74) is 0. The number of nitrogens with one attached hydrogen (secondary N) is 1. The standard InChI is InChI=1S/C12H17N5O2/c1-9(11-15-13-8-17(11)3)14-12(18)16(2)7-10-5-4-6-19-10/h4-6,8-9H,7H2,1-3H3,(H,14,18). The predicted octanol–water partition coefficient (Wildman–Crippen LogP) is 1.31. The summed E-state index contributed by atoms with van der Waals surface area (Å²) >= 11 is 0. The summed E-state index contributed by atoms with van der Waals surface area (Å²) in [7, 11) is 3.55. The van der Waals surface area contributed by atoms with Crippen LogP contribution in [0.2, 0.25) is 0 Å². The lowest BCUT2D eigenvalue weighted by atomic mass is 10.3. The van der Waals surface area contributed by atoms with E-state index in [-0.39, 0.29) is 12.1 Å². The van der Waals surface area contributed by atoms with E-state index < -0.39 is 0 Å². The molecule has 1 N–H and O–H groups in total. The Hall–Kier alpha value is -2.31. The minimum absolute atomic E-state index is 0.188. The number of hydrogen-bond donors (Lipinski definition) is 1. The van der Waals surface area contributed by atoms with Crippen LogP contribution < -0.4 is 5.32 Å². The number of urea groups is 1. The highest BCUT2D eigenvalue weighted by Gasteiger charge is 2.17. The van der Waals surface area contributed by atoms with Gasteiger partial charge in [0.15, 0.2) is 5.82 Å². The van der Waals surface area contributed by atoms with Crippen molar-refractivity contribution >= 4 is 6.03 Å². The average molecular weight is 263 g/mol. The molecule has 0 fully saturated rings. The molecule has 2 amide bonds. The maximum Gasteiger partial charge on any atom is 0.318 e. The number of aromatic nitrogens is 3. The molecule has 0 aliphatic heterocycles. The SMILES string of the molecule is CC(NC(=O)N(C)Cc1ccco1)c1nncn1C. The molecule has 0 aliphatic rings. The van der Waals surface area contributed by atoms with Crippen LogP contribution in [0.5, 0.6) is 0 Å². The zero-order chi connectivity index (χ0) is 13.8. The quantitative estimate of drug-likeness (QED) is 0.902. The number of carbonyl (C=O) groups excluding carboxylic acids is 1. The Morgan fingerprint density at radius 3 is 3.00 bits per heavy atom. The summed E-state index contributed by atoms with van der Waals surface area (Å²) in [6.07, 6.45) is 3.19. The van der Waals surface area contributed by atoms with Crippen molar-refractivity contribution < 1.29 is 9.21 Å². The van der Waals surface area contributed by atoms with Gasteiger partial charge in [-0.15, -0.1) is 10.2 Å². The van der Waals surface area contributed by atoms with Gasteiger partial charge in [-0.25, -0.2) is 4.79 Å². The first-order valence-electron chi connectivity index (χ1n) is 5.96. The van der Waals surface area contributed by atoms with Crippen LogP contribution in [0.15, 0.2) is 29.1 Å². The van der Waals surface area contributed by atoms with Crippen molar-refractivity contribution in [3.63, 3.8) is 0 Å². The Kier molecular flexibility index (Phi) is 3.84. The van der Waals surface area contributed by atoms with E-state index in [1.807, 2.05) is 20.0 Å². The second-order valence-corrected chi connectivity index (χ2v) is 4.41. The lowest BCUT2D eigenvalue weighted by Gasteiger charge is -2.20. The highest BCUT2D eigenvalue weighted by molar-refractivity contribution is 5.74. The second kappa shape index (κ2) is 5.55. The fourth-order valence-electron chi connectivity index (χ4n) is 1.75. The van der Waals surface area contributed by atoms with Crippen LogP contribution in [-0.2, 0) is 13.6 Å². The van der Waals surface area contributed by atoms with Crippen LogP contribution >= 0.6 is 0 Å². The zero-order valence-corrected chi connectivity index (χ0v) is 11.2. The van der Waals surface area contributed by atoms with Crippen LogP contribution in [0.25, 0.3) is 0 Å². The summed E-state index contributed by atoms with van der Waals surface area (Å²) in [4.78, 5) is 13.5. The Morgan fingerprint density at radius 2 is 2.42 bits per heavy atom. The number of rotatable bonds is 4. The third-order valence-electron chi connectivity index (χ3n) is 2.79. The fraction of sp³-hybridized carbons (Fsp3) is 0.417. The maximum absolute atomic E-state index is 12.0. The molecule has 0 saturated heterocycles. The monoisotopic (exact) mass is 263 g/mol. The number of amides is 2. The van der Waals surface area contributed by atoms with Crippen molar-refractivity contribution in [2.75, 3.05) is 7.05 Å². The van der Waals surface area contributed by atoms with Gasteiger partial charge >= 0.3 is 6.03 Å². The molecule has 2 rings (SSSR count). The molecule has 0 aliphatic carbocycles. The minimum Gasteiger partial charge on any atom is -0.467 e. The molecule has 7 nitrogen and oxygen atoms in total. The molecule has 1 atom stereocenters. The molecule has 0 saturated carbocycles. The Bertz CT molecular complexity index is 534. The van der Waals surface area contributed by atoms with Crippen molar-refractivity contribution in [3.8, 4) is 0 Å². The molecule has 1 unspecified atom stereocenters. The van der Waals surface area contributed by atoms with Gasteiger partial charge in [0.25, 0.3) is 0 Å². The summed E-state index contributed by atoms with van der Waals surface area (Å²) in [6.45, 7) is 2.28. The van der Waals surface area contributed by atoms with E-state index in [2.05, 4.69) is 15.5 Å². The Labute approximate surface area is 111 Å². The van der Waals surface area contributed by atoms with Gasteiger partial charge in [-0.1, -0.05) is 0 Å². The zero-order valence-electron chi connectivity index (χ0n) is 11.2. The number of aryl methyl sites for hydroxylation is 1. The molecule has 0 radical (unpaired) electrons. The van der Waals surface area contributed by atoms with Crippen molar-refractivity contribution in [3.05, 3.63) is 36.3 Å². The van der Waals surface area contributed by atoms with E-state index in [9.17, 15) is 4.79 Å². The van der Waals surface area contributed by atoms with E-state index in [1.54, 1.807) is 35.2 Å². The van der Waals surface area contributed by atoms with Gasteiger partial charge in [0.2, 0.25) is 0 Å². The van der Waals surface area contributed by atoms with Crippen LogP contribution in [0.4, 0.5) is 4.79 Å². The van der Waals surface area contributed by atoms with E-state index in [4.69, 9.17) is 4.42 Å². The van der Waals surface area contributed by atoms with Gasteiger partial charge < -0.3 is 19.2 Å². The van der Waals surface area contributed by atoms with Gasteiger partial charge in [0.1, 0.15) is 12.1 Å². The smallest absolute Gasteiger partial charge is 0.318 e. The first-order chi connectivity index (χ1) is 9.08. The molecule has 0 spiro atoms. The van der Waals surface area contributed by atoms with Crippen LogP contribution in [0, 0.1) is 0 Å². The summed E-state index contributed by atoms with van der Waals surface area (Å²) in [5.74, 6) is 1.45. The van der Waals surface area contributed by atoms with Gasteiger partial charge in [0, 0.05) is 14.1 Å². The highest BCUT2D eigenvalue weighted by atomic mass is 16.3. The van der Waals surface area contributed by atoms with Gasteiger partial charge in [0.05, 0.1) is 18.8 Å². The van der Waals surface area contributed by atoms with Gasteiger partial charge in [-0.05, 0) is 19.1 Å². The number of nitrogens with zero attached hydrogens (tertiary/aromatic N) is 4. The molecule has 0 aromatic carbocycles.